The first-order valence-electron chi connectivity index (χ1n) is 16.9. The van der Waals surface area contributed by atoms with E-state index in [1.807, 2.05) is 72.4 Å². The molecule has 10 rings (SSSR count). The van der Waals surface area contributed by atoms with Crippen LogP contribution in [-0.2, 0) is 5.41 Å². The Kier molecular flexibility index (Phi) is 6.64. The fraction of sp³-hybridized carbons (Fsp3) is 0.0217. The van der Waals surface area contributed by atoms with Crippen LogP contribution < -0.4 is 0 Å². The van der Waals surface area contributed by atoms with Crippen molar-refractivity contribution in [3.8, 4) is 56.4 Å². The van der Waals surface area contributed by atoms with Gasteiger partial charge >= 0.3 is 0 Å². The number of hydrogen-bond acceptors (Lipinski definition) is 4. The highest BCUT2D eigenvalue weighted by Crippen LogP contribution is 2.63. The van der Waals surface area contributed by atoms with Crippen LogP contribution in [0.4, 0.5) is 0 Å². The zero-order valence-electron chi connectivity index (χ0n) is 27.0. The minimum Gasteiger partial charge on any atom is -0.208 e. The molecule has 0 saturated carbocycles. The fourth-order valence-electron chi connectivity index (χ4n) is 7.88. The van der Waals surface area contributed by atoms with Crippen LogP contribution in [0.1, 0.15) is 22.3 Å². The zero-order chi connectivity index (χ0) is 33.1. The first-order valence-corrected chi connectivity index (χ1v) is 17.7. The van der Waals surface area contributed by atoms with Crippen LogP contribution in [0.15, 0.2) is 186 Å². The molecule has 0 radical (unpaired) electrons. The van der Waals surface area contributed by atoms with Gasteiger partial charge in [0.2, 0.25) is 0 Å². The van der Waals surface area contributed by atoms with E-state index >= 15 is 0 Å². The van der Waals surface area contributed by atoms with Crippen molar-refractivity contribution in [2.24, 2.45) is 0 Å². The van der Waals surface area contributed by atoms with Gasteiger partial charge in [-0.15, -0.1) is 0 Å². The van der Waals surface area contributed by atoms with E-state index < -0.39 is 5.41 Å². The molecule has 1 spiro atoms. The number of hydrogen-bond donors (Lipinski definition) is 0. The molecule has 234 valence electrons. The summed E-state index contributed by atoms with van der Waals surface area (Å²) in [5.74, 6) is 1.97. The van der Waals surface area contributed by atoms with Crippen LogP contribution in [-0.4, -0.2) is 15.0 Å². The van der Waals surface area contributed by atoms with Gasteiger partial charge in [0.25, 0.3) is 0 Å². The largest absolute Gasteiger partial charge is 0.208 e. The summed E-state index contributed by atoms with van der Waals surface area (Å²) in [4.78, 5) is 17.4. The van der Waals surface area contributed by atoms with Gasteiger partial charge in [-0.05, 0) is 56.6 Å². The summed E-state index contributed by atoms with van der Waals surface area (Å²) in [6.07, 6.45) is 0. The summed E-state index contributed by atoms with van der Waals surface area (Å²) in [6.45, 7) is 0. The van der Waals surface area contributed by atoms with Crippen molar-refractivity contribution in [1.82, 2.24) is 15.0 Å². The topological polar surface area (TPSA) is 38.7 Å². The average molecular weight is 656 g/mol. The Morgan fingerprint density at radius 3 is 1.32 bits per heavy atom. The molecule has 7 aromatic carbocycles. The quantitative estimate of drug-likeness (QED) is 0.189. The minimum absolute atomic E-state index is 0.396. The summed E-state index contributed by atoms with van der Waals surface area (Å²) in [5, 5.41) is 0. The molecule has 2 heterocycles. The molecule has 4 heteroatoms. The molecule has 1 aliphatic carbocycles. The molecule has 8 aromatic rings. The van der Waals surface area contributed by atoms with E-state index in [-0.39, 0.29) is 0 Å². The van der Waals surface area contributed by atoms with Crippen molar-refractivity contribution in [1.29, 1.82) is 0 Å². The lowest BCUT2D eigenvalue weighted by Crippen LogP contribution is -2.31. The maximum atomic E-state index is 4.96. The second-order valence-electron chi connectivity index (χ2n) is 12.7. The normalized spacial score (nSPS) is 13.3. The van der Waals surface area contributed by atoms with Crippen molar-refractivity contribution in [3.05, 3.63) is 198 Å². The molecule has 50 heavy (non-hydrogen) atoms. The third-order valence-electron chi connectivity index (χ3n) is 10.0. The summed E-state index contributed by atoms with van der Waals surface area (Å²) in [7, 11) is 0. The van der Waals surface area contributed by atoms with Crippen molar-refractivity contribution in [3.63, 3.8) is 0 Å². The standard InChI is InChI=1S/C46H29N3S/c1-3-14-31(15-4-1)43-47-44(32-16-5-2-6-17-32)49-45(48-43)33-28-26-30(27-29-33)34-19-13-23-39-42(34)35-18-7-8-20-36(35)46(39)37-21-9-11-24-40(37)50-41-25-12-10-22-38(41)46/h1-29H. The van der Waals surface area contributed by atoms with Crippen molar-refractivity contribution in [2.75, 3.05) is 0 Å². The van der Waals surface area contributed by atoms with Crippen LogP contribution in [0, 0.1) is 0 Å². The van der Waals surface area contributed by atoms with Gasteiger partial charge in [-0.3, -0.25) is 0 Å². The van der Waals surface area contributed by atoms with Gasteiger partial charge in [0.1, 0.15) is 0 Å². The number of benzene rings is 7. The molecular formula is C46H29N3S. The molecule has 0 unspecified atom stereocenters. The molecule has 1 aliphatic heterocycles. The number of fused-ring (bicyclic) bond motifs is 9. The van der Waals surface area contributed by atoms with Gasteiger partial charge in [-0.25, -0.2) is 15.0 Å². The van der Waals surface area contributed by atoms with Crippen LogP contribution in [0.25, 0.3) is 56.4 Å². The first kappa shape index (κ1) is 28.9. The van der Waals surface area contributed by atoms with Crippen LogP contribution in [0.5, 0.6) is 0 Å². The molecule has 0 saturated heterocycles. The summed E-state index contributed by atoms with van der Waals surface area (Å²) in [6, 6.07) is 62.7. The summed E-state index contributed by atoms with van der Waals surface area (Å²) < 4.78 is 0. The molecule has 0 N–H and O–H groups in total. The molecule has 2 aliphatic rings. The van der Waals surface area contributed by atoms with Crippen LogP contribution in [0.2, 0.25) is 0 Å². The molecule has 0 atom stereocenters. The van der Waals surface area contributed by atoms with E-state index in [0.29, 0.717) is 17.5 Å². The van der Waals surface area contributed by atoms with Gasteiger partial charge in [-0.1, -0.05) is 176 Å². The Balaban J connectivity index is 1.14. The van der Waals surface area contributed by atoms with E-state index in [2.05, 4.69) is 115 Å². The van der Waals surface area contributed by atoms with E-state index in [0.717, 1.165) is 22.3 Å². The zero-order valence-corrected chi connectivity index (χ0v) is 27.8. The number of aromatic nitrogens is 3. The molecule has 0 fully saturated rings. The summed E-state index contributed by atoms with van der Waals surface area (Å²) in [5.41, 5.74) is 12.8. The molecular weight excluding hydrogens is 627 g/mol. The lowest BCUT2D eigenvalue weighted by molar-refractivity contribution is 0.722. The maximum Gasteiger partial charge on any atom is 0.164 e. The average Bonchev–Trinajstić information content (AvgIpc) is 3.49. The Bertz CT molecular complexity index is 2460. The lowest BCUT2D eigenvalue weighted by Gasteiger charge is -2.39. The number of nitrogens with zero attached hydrogens (tertiary/aromatic N) is 3. The Morgan fingerprint density at radius 2 is 0.740 bits per heavy atom. The lowest BCUT2D eigenvalue weighted by atomic mass is 9.67. The monoisotopic (exact) mass is 655 g/mol. The maximum absolute atomic E-state index is 4.96. The van der Waals surface area contributed by atoms with Crippen molar-refractivity contribution >= 4 is 11.8 Å². The third kappa shape index (κ3) is 4.35. The van der Waals surface area contributed by atoms with Crippen molar-refractivity contribution in [2.45, 2.75) is 15.2 Å². The van der Waals surface area contributed by atoms with Gasteiger partial charge in [0.15, 0.2) is 17.5 Å². The second kappa shape index (κ2) is 11.5. The third-order valence-corrected chi connectivity index (χ3v) is 11.2. The predicted molar refractivity (Wildman–Crippen MR) is 203 cm³/mol. The van der Waals surface area contributed by atoms with E-state index in [1.165, 1.54) is 48.7 Å². The van der Waals surface area contributed by atoms with Crippen LogP contribution >= 0.6 is 11.8 Å². The number of rotatable bonds is 4. The highest BCUT2D eigenvalue weighted by molar-refractivity contribution is 7.99. The SMILES string of the molecule is c1ccc(-c2nc(-c3ccccc3)nc(-c3ccc(-c4cccc5c4-c4ccccc4C54c5ccccc5Sc5ccccc54)cc3)n2)cc1. The fourth-order valence-corrected chi connectivity index (χ4v) is 9.07. The van der Waals surface area contributed by atoms with Gasteiger partial charge in [0, 0.05) is 26.5 Å². The molecule has 1 aromatic heterocycles. The van der Waals surface area contributed by atoms with Gasteiger partial charge in [0.05, 0.1) is 5.41 Å². The Labute approximate surface area is 295 Å². The highest BCUT2D eigenvalue weighted by Gasteiger charge is 2.50. The Hall–Kier alpha value is -6.10. The van der Waals surface area contributed by atoms with Crippen molar-refractivity contribution < 1.29 is 0 Å². The minimum atomic E-state index is -0.396. The first-order chi connectivity index (χ1) is 24.8. The predicted octanol–water partition coefficient (Wildman–Crippen LogP) is 11.4. The summed E-state index contributed by atoms with van der Waals surface area (Å²) >= 11 is 1.88. The Morgan fingerprint density at radius 1 is 0.320 bits per heavy atom. The second-order valence-corrected chi connectivity index (χ2v) is 13.8. The van der Waals surface area contributed by atoms with Gasteiger partial charge < -0.3 is 0 Å². The molecule has 0 amide bonds. The van der Waals surface area contributed by atoms with Crippen LogP contribution in [0.3, 0.4) is 0 Å². The molecule has 0 bridgehead atoms. The van der Waals surface area contributed by atoms with E-state index in [1.54, 1.807) is 0 Å². The van der Waals surface area contributed by atoms with E-state index in [9.17, 15) is 0 Å². The highest BCUT2D eigenvalue weighted by atomic mass is 32.2. The van der Waals surface area contributed by atoms with Gasteiger partial charge in [-0.2, -0.15) is 0 Å². The van der Waals surface area contributed by atoms with E-state index in [4.69, 9.17) is 15.0 Å². The molecule has 3 nitrogen and oxygen atoms in total. The smallest absolute Gasteiger partial charge is 0.164 e.